The number of hydrogen-bond acceptors (Lipinski definition) is 7. The maximum Gasteiger partial charge on any atom is 0.198 e. The average Bonchev–Trinajstić information content (AvgIpc) is 3.32. The van der Waals surface area contributed by atoms with Crippen molar-refractivity contribution in [2.75, 3.05) is 31.9 Å². The molecule has 7 rings (SSSR count). The molecule has 2 aliphatic heterocycles. The number of hydrogen-bond donors (Lipinski definition) is 2. The van der Waals surface area contributed by atoms with E-state index in [9.17, 15) is 4.39 Å². The van der Waals surface area contributed by atoms with Gasteiger partial charge in [0.2, 0.25) is 0 Å². The van der Waals surface area contributed by atoms with Crippen molar-refractivity contribution in [2.24, 2.45) is 5.41 Å². The summed E-state index contributed by atoms with van der Waals surface area (Å²) in [5.41, 5.74) is 12.2. The van der Waals surface area contributed by atoms with Crippen molar-refractivity contribution < 1.29 is 4.39 Å². The van der Waals surface area contributed by atoms with E-state index in [1.165, 1.54) is 43.6 Å². The van der Waals surface area contributed by atoms with Crippen LogP contribution in [0, 0.1) is 11.2 Å². The molecule has 196 valence electrons. The lowest BCUT2D eigenvalue weighted by atomic mass is 9.72. The van der Waals surface area contributed by atoms with Gasteiger partial charge in [0, 0.05) is 37.1 Å². The molecule has 5 heterocycles. The standard InChI is InChI=1S/C30H29FN8/c31-22-7-5-21(6-8-22)25-16-35-27-29(36-25)39(28(37-27)24-2-1-13-34-26(24)32)23-9-3-20(4-10-23)17-38-18-30(19-38)11-14-33-15-12-30/h1-10,13,16,33H,11-12,14-15,17-19H2,(H2,32,34). The van der Waals surface area contributed by atoms with Gasteiger partial charge in [0.05, 0.1) is 17.5 Å². The Labute approximate surface area is 225 Å². The molecule has 3 N–H and O–H groups in total. The maximum atomic E-state index is 13.5. The minimum atomic E-state index is -0.295. The van der Waals surface area contributed by atoms with Crippen molar-refractivity contribution in [1.82, 2.24) is 34.7 Å². The van der Waals surface area contributed by atoms with Crippen LogP contribution in [0.25, 0.3) is 39.6 Å². The van der Waals surface area contributed by atoms with Gasteiger partial charge in [-0.2, -0.15) is 0 Å². The Kier molecular flexibility index (Phi) is 5.82. The van der Waals surface area contributed by atoms with E-state index in [2.05, 4.69) is 44.5 Å². The van der Waals surface area contributed by atoms with E-state index in [4.69, 9.17) is 15.7 Å². The molecule has 0 aliphatic carbocycles. The van der Waals surface area contributed by atoms with Gasteiger partial charge < -0.3 is 11.1 Å². The molecular formula is C30H29FN8. The maximum absolute atomic E-state index is 13.5. The quantitative estimate of drug-likeness (QED) is 0.353. The second-order valence-corrected chi connectivity index (χ2v) is 10.7. The number of imidazole rings is 1. The van der Waals surface area contributed by atoms with Gasteiger partial charge in [-0.25, -0.2) is 24.3 Å². The SMILES string of the molecule is Nc1ncccc1-c1nc2ncc(-c3ccc(F)cc3)nc2n1-c1ccc(CN2CC3(CCNCC3)C2)cc1. The fourth-order valence-electron chi connectivity index (χ4n) is 5.94. The van der Waals surface area contributed by atoms with Crippen molar-refractivity contribution >= 4 is 17.1 Å². The molecule has 5 aromatic rings. The van der Waals surface area contributed by atoms with Gasteiger partial charge in [0.1, 0.15) is 11.6 Å². The molecule has 0 atom stereocenters. The minimum absolute atomic E-state index is 0.295. The molecule has 1 spiro atoms. The van der Waals surface area contributed by atoms with Crippen LogP contribution in [-0.2, 0) is 6.54 Å². The molecule has 2 aromatic carbocycles. The summed E-state index contributed by atoms with van der Waals surface area (Å²) in [6.45, 7) is 5.56. The summed E-state index contributed by atoms with van der Waals surface area (Å²) in [5.74, 6) is 0.709. The molecule has 3 aromatic heterocycles. The number of benzene rings is 2. The first-order valence-electron chi connectivity index (χ1n) is 13.3. The molecule has 39 heavy (non-hydrogen) atoms. The first kappa shape index (κ1) is 23.9. The Morgan fingerprint density at radius 3 is 2.44 bits per heavy atom. The van der Waals surface area contributed by atoms with Crippen LogP contribution in [-0.4, -0.2) is 55.6 Å². The van der Waals surface area contributed by atoms with Gasteiger partial charge in [-0.15, -0.1) is 0 Å². The number of nitrogens with one attached hydrogen (secondary N) is 1. The lowest BCUT2D eigenvalue weighted by molar-refractivity contribution is -0.0282. The van der Waals surface area contributed by atoms with Crippen LogP contribution in [0.5, 0.6) is 0 Å². The van der Waals surface area contributed by atoms with Crippen LogP contribution >= 0.6 is 0 Å². The Balaban J connectivity index is 1.25. The second-order valence-electron chi connectivity index (χ2n) is 10.7. The molecule has 9 heteroatoms. The fourth-order valence-corrected chi connectivity index (χ4v) is 5.94. The summed E-state index contributed by atoms with van der Waals surface area (Å²) in [4.78, 5) is 21.1. The molecule has 0 unspecified atom stereocenters. The zero-order valence-electron chi connectivity index (χ0n) is 21.5. The highest BCUT2D eigenvalue weighted by molar-refractivity contribution is 5.82. The molecular weight excluding hydrogens is 491 g/mol. The number of nitrogen functional groups attached to an aromatic ring is 1. The Morgan fingerprint density at radius 1 is 0.923 bits per heavy atom. The summed E-state index contributed by atoms with van der Waals surface area (Å²) in [6, 6.07) is 18.5. The smallest absolute Gasteiger partial charge is 0.198 e. The number of piperidine rings is 1. The van der Waals surface area contributed by atoms with Crippen LogP contribution in [0.15, 0.2) is 73.1 Å². The van der Waals surface area contributed by atoms with E-state index >= 15 is 0 Å². The number of anilines is 1. The third kappa shape index (κ3) is 4.43. The van der Waals surface area contributed by atoms with Gasteiger partial charge in [0.15, 0.2) is 17.1 Å². The molecule has 2 fully saturated rings. The number of rotatable bonds is 5. The van der Waals surface area contributed by atoms with E-state index in [0.717, 1.165) is 30.9 Å². The Bertz CT molecular complexity index is 1630. The fraction of sp³-hybridized carbons (Fsp3) is 0.267. The number of aromatic nitrogens is 5. The van der Waals surface area contributed by atoms with Crippen molar-refractivity contribution in [3.8, 4) is 28.3 Å². The van der Waals surface area contributed by atoms with E-state index in [-0.39, 0.29) is 5.82 Å². The third-order valence-corrected chi connectivity index (χ3v) is 7.97. The molecule has 8 nitrogen and oxygen atoms in total. The van der Waals surface area contributed by atoms with Crippen LogP contribution < -0.4 is 11.1 Å². The van der Waals surface area contributed by atoms with E-state index in [0.29, 0.717) is 39.6 Å². The van der Waals surface area contributed by atoms with Crippen molar-refractivity contribution in [1.29, 1.82) is 0 Å². The lowest BCUT2D eigenvalue weighted by Crippen LogP contribution is -2.59. The van der Waals surface area contributed by atoms with Gasteiger partial charge in [-0.05, 0) is 85.4 Å². The Morgan fingerprint density at radius 2 is 1.69 bits per heavy atom. The number of nitrogens with zero attached hydrogens (tertiary/aromatic N) is 6. The first-order valence-corrected chi connectivity index (χ1v) is 13.3. The summed E-state index contributed by atoms with van der Waals surface area (Å²) in [6.07, 6.45) is 5.87. The van der Waals surface area contributed by atoms with Crippen molar-refractivity contribution in [3.63, 3.8) is 0 Å². The van der Waals surface area contributed by atoms with Gasteiger partial charge in [-0.1, -0.05) is 12.1 Å². The van der Waals surface area contributed by atoms with E-state index in [1.54, 1.807) is 24.5 Å². The predicted molar refractivity (Wildman–Crippen MR) is 150 cm³/mol. The first-order chi connectivity index (χ1) is 19.1. The number of pyridine rings is 1. The molecule has 0 radical (unpaired) electrons. The third-order valence-electron chi connectivity index (χ3n) is 7.97. The largest absolute Gasteiger partial charge is 0.383 e. The second kappa shape index (κ2) is 9.52. The summed E-state index contributed by atoms with van der Waals surface area (Å²) < 4.78 is 15.5. The monoisotopic (exact) mass is 520 g/mol. The predicted octanol–water partition coefficient (Wildman–Crippen LogP) is 4.45. The number of halogens is 1. The highest BCUT2D eigenvalue weighted by Crippen LogP contribution is 2.39. The number of fused-ring (bicyclic) bond motifs is 1. The zero-order chi connectivity index (χ0) is 26.4. The number of likely N-dealkylation sites (tertiary alicyclic amines) is 1. The molecule has 2 aliphatic rings. The molecule has 0 saturated carbocycles. The number of nitrogens with two attached hydrogens (primary N) is 1. The van der Waals surface area contributed by atoms with Crippen LogP contribution in [0.3, 0.4) is 0 Å². The van der Waals surface area contributed by atoms with Crippen LogP contribution in [0.4, 0.5) is 10.2 Å². The summed E-state index contributed by atoms with van der Waals surface area (Å²) in [5, 5.41) is 3.48. The van der Waals surface area contributed by atoms with Gasteiger partial charge in [0.25, 0.3) is 0 Å². The Hall–Kier alpha value is -4.21. The highest BCUT2D eigenvalue weighted by Gasteiger charge is 2.42. The summed E-state index contributed by atoms with van der Waals surface area (Å²) in [7, 11) is 0. The van der Waals surface area contributed by atoms with Crippen LogP contribution in [0.1, 0.15) is 18.4 Å². The van der Waals surface area contributed by atoms with Crippen molar-refractivity contribution in [2.45, 2.75) is 19.4 Å². The zero-order valence-corrected chi connectivity index (χ0v) is 21.5. The molecule has 2 saturated heterocycles. The average molecular weight is 521 g/mol. The van der Waals surface area contributed by atoms with E-state index < -0.39 is 0 Å². The van der Waals surface area contributed by atoms with Gasteiger partial charge >= 0.3 is 0 Å². The molecule has 0 amide bonds. The van der Waals surface area contributed by atoms with Crippen LogP contribution in [0.2, 0.25) is 0 Å². The van der Waals surface area contributed by atoms with Crippen molar-refractivity contribution in [3.05, 3.63) is 84.4 Å². The van der Waals surface area contributed by atoms with Gasteiger partial charge in [-0.3, -0.25) is 9.47 Å². The summed E-state index contributed by atoms with van der Waals surface area (Å²) >= 11 is 0. The highest BCUT2D eigenvalue weighted by atomic mass is 19.1. The lowest BCUT2D eigenvalue weighted by Gasteiger charge is -2.52. The topological polar surface area (TPSA) is 97.8 Å². The van der Waals surface area contributed by atoms with E-state index in [1.807, 2.05) is 16.7 Å². The minimum Gasteiger partial charge on any atom is -0.383 e. The normalized spacial score (nSPS) is 16.9. The molecule has 0 bridgehead atoms.